The largest absolute Gasteiger partial charge is 0.494 e. The molecular weight excluding hydrogens is 534 g/mol. The number of rotatable bonds is 9. The lowest BCUT2D eigenvalue weighted by molar-refractivity contribution is 0.295. The van der Waals surface area contributed by atoms with Gasteiger partial charge in [-0.1, -0.05) is 18.2 Å². The molecule has 2 aromatic carbocycles. The van der Waals surface area contributed by atoms with Gasteiger partial charge in [0.25, 0.3) is 0 Å². The Bertz CT molecular complexity index is 1560. The van der Waals surface area contributed by atoms with Crippen LogP contribution in [-0.4, -0.2) is 68.9 Å². The number of hydrogen-bond acceptors (Lipinski definition) is 10. The number of nitrogens with zero attached hydrogens (tertiary/aromatic N) is 4. The first-order valence-electron chi connectivity index (χ1n) is 12.8. The van der Waals surface area contributed by atoms with E-state index < -0.39 is 15.1 Å². The summed E-state index contributed by atoms with van der Waals surface area (Å²) in [5.41, 5.74) is 3.18. The molecule has 1 aliphatic heterocycles. The quantitative estimate of drug-likeness (QED) is 0.301. The molecule has 39 heavy (non-hydrogen) atoms. The van der Waals surface area contributed by atoms with Crippen LogP contribution in [0.3, 0.4) is 0 Å². The summed E-state index contributed by atoms with van der Waals surface area (Å²) >= 11 is 1.47. The van der Waals surface area contributed by atoms with Gasteiger partial charge < -0.3 is 24.6 Å². The highest BCUT2D eigenvalue weighted by Crippen LogP contribution is 2.35. The Balaban J connectivity index is 1.40. The van der Waals surface area contributed by atoms with Crippen LogP contribution >= 0.6 is 11.3 Å². The van der Waals surface area contributed by atoms with Crippen molar-refractivity contribution >= 4 is 48.7 Å². The Labute approximate surface area is 233 Å². The molecule has 2 aromatic heterocycles. The Kier molecular flexibility index (Phi) is 7.92. The molecule has 0 spiro atoms. The van der Waals surface area contributed by atoms with Gasteiger partial charge in [-0.3, -0.25) is 0 Å². The van der Waals surface area contributed by atoms with Crippen LogP contribution in [0.2, 0.25) is 0 Å². The van der Waals surface area contributed by atoms with E-state index in [1.54, 1.807) is 39.2 Å². The Morgan fingerprint density at radius 2 is 1.82 bits per heavy atom. The van der Waals surface area contributed by atoms with Crippen LogP contribution in [0.5, 0.6) is 11.6 Å². The minimum atomic E-state index is -3.46. The van der Waals surface area contributed by atoms with Gasteiger partial charge in [-0.15, -0.1) is 11.3 Å². The number of hydrogen-bond donors (Lipinski definition) is 1. The fraction of sp³-hybridized carbons (Fsp3) is 0.357. The number of nitrogens with one attached hydrogen (secondary N) is 1. The lowest BCUT2D eigenvalue weighted by atomic mass is 10.2. The number of anilines is 3. The van der Waals surface area contributed by atoms with Gasteiger partial charge in [0.05, 0.1) is 28.5 Å². The lowest BCUT2D eigenvalue weighted by Gasteiger charge is -2.34. The zero-order chi connectivity index (χ0) is 27.6. The van der Waals surface area contributed by atoms with Crippen molar-refractivity contribution in [3.63, 3.8) is 0 Å². The highest BCUT2D eigenvalue weighted by Gasteiger charge is 2.23. The normalized spacial score (nSPS) is 14.6. The number of benzene rings is 2. The fourth-order valence-corrected chi connectivity index (χ4v) is 6.50. The maximum atomic E-state index is 12.9. The second-order valence-corrected chi connectivity index (χ2v) is 13.2. The minimum absolute atomic E-state index is 0.0641. The Morgan fingerprint density at radius 1 is 1.05 bits per heavy atom. The second-order valence-electron chi connectivity index (χ2n) is 9.78. The summed E-state index contributed by atoms with van der Waals surface area (Å²) in [6.45, 7) is 7.39. The van der Waals surface area contributed by atoms with Crippen molar-refractivity contribution in [2.24, 2.45) is 0 Å². The summed E-state index contributed by atoms with van der Waals surface area (Å²) in [5.74, 6) is 1.45. The number of fused-ring (bicyclic) bond motifs is 1. The van der Waals surface area contributed by atoms with Crippen LogP contribution in [0.1, 0.15) is 19.4 Å². The van der Waals surface area contributed by atoms with E-state index in [1.807, 2.05) is 29.6 Å². The first kappa shape index (κ1) is 27.2. The van der Waals surface area contributed by atoms with E-state index in [-0.39, 0.29) is 11.5 Å². The fourth-order valence-electron chi connectivity index (χ4n) is 4.46. The molecule has 0 unspecified atom stereocenters. The van der Waals surface area contributed by atoms with Gasteiger partial charge in [-0.2, -0.15) is 4.98 Å². The summed E-state index contributed by atoms with van der Waals surface area (Å²) in [4.78, 5) is 14.3. The van der Waals surface area contributed by atoms with Crippen molar-refractivity contribution in [3.8, 4) is 11.6 Å². The molecule has 0 aliphatic carbocycles. The topological polar surface area (TPSA) is 96.9 Å². The lowest BCUT2D eigenvalue weighted by Crippen LogP contribution is -2.44. The molecule has 11 heteroatoms. The molecule has 0 atom stereocenters. The molecule has 4 aromatic rings. The summed E-state index contributed by atoms with van der Waals surface area (Å²) in [7, 11) is 0.329. The van der Waals surface area contributed by atoms with Crippen LogP contribution in [-0.2, 0) is 16.4 Å². The molecule has 1 fully saturated rings. The highest BCUT2D eigenvalue weighted by molar-refractivity contribution is 7.92. The third-order valence-electron chi connectivity index (χ3n) is 6.84. The zero-order valence-electron chi connectivity index (χ0n) is 22.5. The van der Waals surface area contributed by atoms with Crippen molar-refractivity contribution < 1.29 is 17.9 Å². The Hall–Kier alpha value is -3.41. The second kappa shape index (κ2) is 11.4. The SMILES string of the molecule is COc1cc(N2CCN(C)CC2)ccc1Nc1nc(OCc2ccccc2S(=O)(=O)C(C)C)c2sccc2n1. The van der Waals surface area contributed by atoms with Gasteiger partial charge in [0, 0.05) is 43.5 Å². The van der Waals surface area contributed by atoms with E-state index >= 15 is 0 Å². The first-order chi connectivity index (χ1) is 18.8. The van der Waals surface area contributed by atoms with Crippen LogP contribution in [0.15, 0.2) is 58.8 Å². The van der Waals surface area contributed by atoms with E-state index in [0.29, 0.717) is 23.1 Å². The predicted octanol–water partition coefficient (Wildman–Crippen LogP) is 4.96. The third-order valence-corrected chi connectivity index (χ3v) is 9.98. The smallest absolute Gasteiger partial charge is 0.237 e. The number of likely N-dealkylation sites (N-methyl/N-ethyl adjacent to an activating group) is 1. The van der Waals surface area contributed by atoms with Gasteiger partial charge in [-0.25, -0.2) is 13.4 Å². The molecule has 0 bridgehead atoms. The molecule has 0 amide bonds. The van der Waals surface area contributed by atoms with E-state index in [1.165, 1.54) is 11.3 Å². The molecular formula is C28H33N5O4S2. The maximum absolute atomic E-state index is 12.9. The summed E-state index contributed by atoms with van der Waals surface area (Å²) in [5, 5.41) is 4.68. The zero-order valence-corrected chi connectivity index (χ0v) is 24.2. The van der Waals surface area contributed by atoms with Gasteiger partial charge in [-0.05, 0) is 50.5 Å². The molecule has 1 saturated heterocycles. The first-order valence-corrected chi connectivity index (χ1v) is 15.3. The molecule has 9 nitrogen and oxygen atoms in total. The molecule has 1 N–H and O–H groups in total. The number of methoxy groups -OCH3 is 1. The number of thiophene rings is 1. The van der Waals surface area contributed by atoms with Gasteiger partial charge >= 0.3 is 0 Å². The average Bonchev–Trinajstić information content (AvgIpc) is 3.41. The van der Waals surface area contributed by atoms with Crippen molar-refractivity contribution in [1.29, 1.82) is 0 Å². The molecule has 0 radical (unpaired) electrons. The number of sulfone groups is 1. The van der Waals surface area contributed by atoms with Crippen molar-refractivity contribution in [3.05, 3.63) is 59.5 Å². The van der Waals surface area contributed by atoms with E-state index in [0.717, 1.165) is 47.8 Å². The van der Waals surface area contributed by atoms with E-state index in [4.69, 9.17) is 9.47 Å². The minimum Gasteiger partial charge on any atom is -0.494 e. The summed E-state index contributed by atoms with van der Waals surface area (Å²) < 4.78 is 38.4. The number of aromatic nitrogens is 2. The van der Waals surface area contributed by atoms with Gasteiger partial charge in [0.1, 0.15) is 17.1 Å². The molecule has 5 rings (SSSR count). The van der Waals surface area contributed by atoms with E-state index in [2.05, 4.69) is 38.2 Å². The summed E-state index contributed by atoms with van der Waals surface area (Å²) in [6.07, 6.45) is 0. The third kappa shape index (κ3) is 5.80. The average molecular weight is 568 g/mol. The van der Waals surface area contributed by atoms with Crippen molar-refractivity contribution in [2.45, 2.75) is 30.6 Å². The molecule has 3 heterocycles. The monoisotopic (exact) mass is 567 g/mol. The van der Waals surface area contributed by atoms with Crippen molar-refractivity contribution in [2.75, 3.05) is 50.6 Å². The van der Waals surface area contributed by atoms with Crippen LogP contribution < -0.4 is 19.7 Å². The number of piperazine rings is 1. The van der Waals surface area contributed by atoms with Crippen LogP contribution in [0.25, 0.3) is 10.2 Å². The molecule has 206 valence electrons. The van der Waals surface area contributed by atoms with Crippen molar-refractivity contribution in [1.82, 2.24) is 14.9 Å². The van der Waals surface area contributed by atoms with Crippen LogP contribution in [0.4, 0.5) is 17.3 Å². The number of ether oxygens (including phenoxy) is 2. The van der Waals surface area contributed by atoms with E-state index in [9.17, 15) is 8.42 Å². The van der Waals surface area contributed by atoms with Crippen LogP contribution in [0, 0.1) is 0 Å². The highest BCUT2D eigenvalue weighted by atomic mass is 32.2. The standard InChI is InChI=1S/C28H33N5O4S2/c1-19(2)39(34,35)25-8-6-5-7-20(25)18-37-27-26-23(11-16-38-26)30-28(31-27)29-22-10-9-21(17-24(22)36-4)33-14-12-32(3)13-15-33/h5-11,16-17,19H,12-15,18H2,1-4H3,(H,29,30,31). The maximum Gasteiger partial charge on any atom is 0.237 e. The summed E-state index contributed by atoms with van der Waals surface area (Å²) in [6, 6.07) is 14.9. The van der Waals surface area contributed by atoms with Gasteiger partial charge in [0.2, 0.25) is 11.8 Å². The predicted molar refractivity (Wildman–Crippen MR) is 156 cm³/mol. The molecule has 1 aliphatic rings. The van der Waals surface area contributed by atoms with Gasteiger partial charge in [0.15, 0.2) is 9.84 Å². The molecule has 0 saturated carbocycles. The Morgan fingerprint density at radius 3 is 2.56 bits per heavy atom.